The Morgan fingerprint density at radius 1 is 1.30 bits per heavy atom. The Bertz CT molecular complexity index is 785. The second kappa shape index (κ2) is 10.6. The van der Waals surface area contributed by atoms with Crippen molar-refractivity contribution in [3.63, 3.8) is 0 Å². The van der Waals surface area contributed by atoms with E-state index in [-0.39, 0.29) is 35.8 Å². The van der Waals surface area contributed by atoms with Gasteiger partial charge in [0, 0.05) is 25.8 Å². The van der Waals surface area contributed by atoms with Crippen LogP contribution in [0.4, 0.5) is 4.39 Å². The Kier molecular flexibility index (Phi) is 9.21. The summed E-state index contributed by atoms with van der Waals surface area (Å²) in [6.45, 7) is 11.4. The average molecular weight is 487 g/mol. The average Bonchev–Trinajstić information content (AvgIpc) is 2.83. The van der Waals surface area contributed by atoms with Crippen LogP contribution in [0.2, 0.25) is 0 Å². The van der Waals surface area contributed by atoms with Gasteiger partial charge < -0.3 is 10.6 Å². The highest BCUT2D eigenvalue weighted by atomic mass is 127. The minimum atomic E-state index is -0.180. The van der Waals surface area contributed by atoms with Crippen molar-refractivity contribution in [2.45, 2.75) is 47.1 Å². The van der Waals surface area contributed by atoms with Crippen LogP contribution in [-0.2, 0) is 13.5 Å². The second-order valence-corrected chi connectivity index (χ2v) is 6.66. The first-order valence-electron chi connectivity index (χ1n) is 9.13. The van der Waals surface area contributed by atoms with Crippen molar-refractivity contribution in [3.8, 4) is 0 Å². The zero-order valence-corrected chi connectivity index (χ0v) is 19.4. The van der Waals surface area contributed by atoms with Crippen molar-refractivity contribution < 1.29 is 4.39 Å². The molecule has 1 heterocycles. The van der Waals surface area contributed by atoms with E-state index in [0.29, 0.717) is 12.1 Å². The number of hydrogen-bond donors (Lipinski definition) is 2. The van der Waals surface area contributed by atoms with Crippen LogP contribution in [0.15, 0.2) is 23.2 Å². The fourth-order valence-corrected chi connectivity index (χ4v) is 2.95. The van der Waals surface area contributed by atoms with E-state index in [9.17, 15) is 4.39 Å². The lowest BCUT2D eigenvalue weighted by molar-refractivity contribution is 0.607. The van der Waals surface area contributed by atoms with Crippen molar-refractivity contribution in [2.75, 3.05) is 13.1 Å². The fraction of sp³-hybridized carbons (Fsp3) is 0.500. The monoisotopic (exact) mass is 487 g/mol. The number of aliphatic imine (C=N–C) groups is 1. The van der Waals surface area contributed by atoms with Crippen LogP contribution in [0.1, 0.15) is 48.0 Å². The van der Waals surface area contributed by atoms with Crippen LogP contribution in [0.25, 0.3) is 0 Å². The Morgan fingerprint density at radius 3 is 2.56 bits per heavy atom. The molecule has 2 N–H and O–H groups in total. The molecule has 1 aromatic heterocycles. The quantitative estimate of drug-likeness (QED) is 0.369. The summed E-state index contributed by atoms with van der Waals surface area (Å²) in [6, 6.07) is 5.30. The van der Waals surface area contributed by atoms with Gasteiger partial charge in [0.05, 0.1) is 11.7 Å². The summed E-state index contributed by atoms with van der Waals surface area (Å²) in [4.78, 5) is 4.67. The number of nitrogens with one attached hydrogen (secondary N) is 2. The highest BCUT2D eigenvalue weighted by Crippen LogP contribution is 2.16. The lowest BCUT2D eigenvalue weighted by Gasteiger charge is -2.18. The van der Waals surface area contributed by atoms with E-state index >= 15 is 0 Å². The molecule has 1 atom stereocenters. The van der Waals surface area contributed by atoms with Crippen LogP contribution < -0.4 is 10.6 Å². The molecule has 0 spiro atoms. The normalized spacial score (nSPS) is 12.5. The molecule has 0 bridgehead atoms. The number of guanidine groups is 1. The maximum Gasteiger partial charge on any atom is 0.191 e. The third kappa shape index (κ3) is 6.19. The van der Waals surface area contributed by atoms with E-state index < -0.39 is 0 Å². The largest absolute Gasteiger partial charge is 0.357 e. The van der Waals surface area contributed by atoms with E-state index in [2.05, 4.69) is 27.6 Å². The molecule has 0 saturated carbocycles. The predicted octanol–water partition coefficient (Wildman–Crippen LogP) is 3.96. The number of benzene rings is 1. The van der Waals surface area contributed by atoms with Crippen LogP contribution in [0.5, 0.6) is 0 Å². The van der Waals surface area contributed by atoms with Crippen molar-refractivity contribution in [3.05, 3.63) is 52.1 Å². The van der Waals surface area contributed by atoms with E-state index in [1.165, 1.54) is 11.3 Å². The molecule has 2 aromatic rings. The first kappa shape index (κ1) is 23.4. The molecule has 27 heavy (non-hydrogen) atoms. The van der Waals surface area contributed by atoms with Gasteiger partial charge in [0.25, 0.3) is 0 Å². The Hall–Kier alpha value is -1.64. The molecule has 5 nitrogen and oxygen atoms in total. The standard InChI is InChI=1S/C20H30FN5.HI/c1-7-22-20(23-11-10-18-15(4)25-26(6)16(18)5)24-14(3)17-9-8-13(2)19(21)12-17;/h8-9,12,14H,7,10-11H2,1-6H3,(H2,22,23,24);1H. The van der Waals surface area contributed by atoms with Gasteiger partial charge in [0.15, 0.2) is 5.96 Å². The van der Waals surface area contributed by atoms with Gasteiger partial charge in [0.1, 0.15) is 5.82 Å². The van der Waals surface area contributed by atoms with Crippen molar-refractivity contribution in [2.24, 2.45) is 12.0 Å². The van der Waals surface area contributed by atoms with E-state index in [0.717, 1.165) is 30.2 Å². The Morgan fingerprint density at radius 2 is 2.00 bits per heavy atom. The lowest BCUT2D eigenvalue weighted by atomic mass is 10.1. The van der Waals surface area contributed by atoms with E-state index in [1.54, 1.807) is 19.1 Å². The van der Waals surface area contributed by atoms with Crippen LogP contribution in [-0.4, -0.2) is 28.8 Å². The fourth-order valence-electron chi connectivity index (χ4n) is 2.95. The number of aromatic nitrogens is 2. The van der Waals surface area contributed by atoms with Gasteiger partial charge in [-0.05, 0) is 63.8 Å². The molecular weight excluding hydrogens is 456 g/mol. The highest BCUT2D eigenvalue weighted by Gasteiger charge is 2.11. The van der Waals surface area contributed by atoms with Gasteiger partial charge in [-0.2, -0.15) is 5.10 Å². The molecule has 0 saturated heterocycles. The number of nitrogens with zero attached hydrogens (tertiary/aromatic N) is 3. The molecule has 0 amide bonds. The molecule has 0 fully saturated rings. The van der Waals surface area contributed by atoms with Crippen molar-refractivity contribution in [1.82, 2.24) is 20.4 Å². The molecule has 1 unspecified atom stereocenters. The van der Waals surface area contributed by atoms with Gasteiger partial charge in [-0.1, -0.05) is 12.1 Å². The van der Waals surface area contributed by atoms with Gasteiger partial charge in [-0.25, -0.2) is 4.39 Å². The first-order valence-corrected chi connectivity index (χ1v) is 9.13. The molecule has 0 radical (unpaired) electrons. The molecular formula is C20H31FIN5. The molecule has 1 aromatic carbocycles. The summed E-state index contributed by atoms with van der Waals surface area (Å²) in [7, 11) is 1.96. The maximum atomic E-state index is 13.8. The summed E-state index contributed by atoms with van der Waals surface area (Å²) in [5.41, 5.74) is 5.04. The number of aryl methyl sites for hydroxylation is 3. The van der Waals surface area contributed by atoms with E-state index in [1.807, 2.05) is 38.6 Å². The highest BCUT2D eigenvalue weighted by molar-refractivity contribution is 14.0. The molecule has 0 aliphatic rings. The molecule has 7 heteroatoms. The summed E-state index contributed by atoms with van der Waals surface area (Å²) in [5, 5.41) is 11.1. The molecule has 0 aliphatic heterocycles. The summed E-state index contributed by atoms with van der Waals surface area (Å²) in [5.74, 6) is 0.556. The van der Waals surface area contributed by atoms with Crippen LogP contribution in [0.3, 0.4) is 0 Å². The smallest absolute Gasteiger partial charge is 0.191 e. The Balaban J connectivity index is 0.00000364. The summed E-state index contributed by atoms with van der Waals surface area (Å²) < 4.78 is 15.7. The molecule has 0 aliphatic carbocycles. The molecule has 150 valence electrons. The zero-order valence-electron chi connectivity index (χ0n) is 17.1. The van der Waals surface area contributed by atoms with Gasteiger partial charge >= 0.3 is 0 Å². The van der Waals surface area contributed by atoms with Crippen molar-refractivity contribution in [1.29, 1.82) is 0 Å². The minimum absolute atomic E-state index is 0. The zero-order chi connectivity index (χ0) is 19.3. The van der Waals surface area contributed by atoms with Gasteiger partial charge in [-0.3, -0.25) is 9.67 Å². The van der Waals surface area contributed by atoms with E-state index in [4.69, 9.17) is 0 Å². The third-order valence-corrected chi connectivity index (χ3v) is 4.68. The van der Waals surface area contributed by atoms with Crippen LogP contribution in [0, 0.1) is 26.6 Å². The predicted molar refractivity (Wildman–Crippen MR) is 120 cm³/mol. The van der Waals surface area contributed by atoms with Gasteiger partial charge in [0.2, 0.25) is 0 Å². The lowest BCUT2D eigenvalue weighted by Crippen LogP contribution is -2.39. The summed E-state index contributed by atoms with van der Waals surface area (Å²) in [6.07, 6.45) is 0.843. The number of hydrogen-bond acceptors (Lipinski definition) is 2. The van der Waals surface area contributed by atoms with Gasteiger partial charge in [-0.15, -0.1) is 24.0 Å². The van der Waals surface area contributed by atoms with Crippen molar-refractivity contribution >= 4 is 29.9 Å². The molecule has 2 rings (SSSR count). The summed E-state index contributed by atoms with van der Waals surface area (Å²) >= 11 is 0. The topological polar surface area (TPSA) is 54.2 Å². The number of rotatable bonds is 6. The Labute approximate surface area is 178 Å². The third-order valence-electron chi connectivity index (χ3n) is 4.68. The maximum absolute atomic E-state index is 13.8. The number of halogens is 2. The van der Waals surface area contributed by atoms with Crippen LogP contribution >= 0.6 is 24.0 Å². The second-order valence-electron chi connectivity index (χ2n) is 6.66. The SMILES string of the molecule is CCNC(=NCCc1c(C)nn(C)c1C)NC(C)c1ccc(C)c(F)c1.I. The first-order chi connectivity index (χ1) is 12.3. The minimum Gasteiger partial charge on any atom is -0.357 e.